The van der Waals surface area contributed by atoms with Crippen LogP contribution in [0.4, 0.5) is 0 Å². The van der Waals surface area contributed by atoms with E-state index >= 15 is 0 Å². The van der Waals surface area contributed by atoms with Crippen LogP contribution < -0.4 is 0 Å². The first kappa shape index (κ1) is 12.4. The molecule has 0 aliphatic rings. The summed E-state index contributed by atoms with van der Waals surface area (Å²) in [4.78, 5) is 0. The number of benzene rings is 2. The van der Waals surface area contributed by atoms with Gasteiger partial charge >= 0.3 is 0 Å². The number of allylic oxidation sites excluding steroid dienone is 2. The second-order valence-corrected chi connectivity index (χ2v) is 4.34. The summed E-state index contributed by atoms with van der Waals surface area (Å²) < 4.78 is 0. The summed E-state index contributed by atoms with van der Waals surface area (Å²) in [6.45, 7) is 7.97. The van der Waals surface area contributed by atoms with Crippen molar-refractivity contribution in [1.29, 1.82) is 0 Å². The molecule has 0 bridgehead atoms. The van der Waals surface area contributed by atoms with Crippen molar-refractivity contribution in [2.45, 2.75) is 11.8 Å². The van der Waals surface area contributed by atoms with Gasteiger partial charge in [0.15, 0.2) is 0 Å². The van der Waals surface area contributed by atoms with Gasteiger partial charge in [-0.15, -0.1) is 13.2 Å². The maximum atomic E-state index is 3.98. The maximum absolute atomic E-state index is 3.98. The van der Waals surface area contributed by atoms with E-state index in [1.54, 1.807) is 0 Å². The van der Waals surface area contributed by atoms with Crippen molar-refractivity contribution in [2.24, 2.45) is 0 Å². The smallest absolute Gasteiger partial charge is 0.0119 e. The van der Waals surface area contributed by atoms with E-state index in [1.807, 2.05) is 24.3 Å². The van der Waals surface area contributed by atoms with E-state index in [2.05, 4.69) is 61.7 Å². The monoisotopic (exact) mass is 234 g/mol. The number of hydrogen-bond donors (Lipinski definition) is 0. The minimum absolute atomic E-state index is 0.270. The molecule has 2 aromatic rings. The molecule has 2 rings (SSSR count). The van der Waals surface area contributed by atoms with Gasteiger partial charge in [-0.2, -0.15) is 0 Å². The molecule has 0 saturated heterocycles. The van der Waals surface area contributed by atoms with Gasteiger partial charge in [-0.1, -0.05) is 72.8 Å². The lowest BCUT2D eigenvalue weighted by molar-refractivity contribution is 0.741. The highest BCUT2D eigenvalue weighted by atomic mass is 14.2. The lowest BCUT2D eigenvalue weighted by atomic mass is 9.81. The van der Waals surface area contributed by atoms with Crippen LogP contribution in [-0.4, -0.2) is 0 Å². The van der Waals surface area contributed by atoms with Gasteiger partial charge in [0.25, 0.3) is 0 Å². The summed E-state index contributed by atoms with van der Waals surface area (Å²) in [5, 5.41) is 0. The van der Waals surface area contributed by atoms with Crippen molar-refractivity contribution >= 4 is 0 Å². The van der Waals surface area contributed by atoms with Crippen molar-refractivity contribution < 1.29 is 0 Å². The molecule has 0 saturated carbocycles. The van der Waals surface area contributed by atoms with E-state index in [-0.39, 0.29) is 11.8 Å². The van der Waals surface area contributed by atoms with E-state index in [4.69, 9.17) is 0 Å². The normalized spacial score (nSPS) is 13.6. The molecule has 0 aromatic heterocycles. The van der Waals surface area contributed by atoms with Crippen molar-refractivity contribution in [3.8, 4) is 0 Å². The van der Waals surface area contributed by atoms with E-state index in [0.717, 1.165) is 0 Å². The van der Waals surface area contributed by atoms with Crippen molar-refractivity contribution in [3.63, 3.8) is 0 Å². The molecule has 18 heavy (non-hydrogen) atoms. The Morgan fingerprint density at radius 3 is 1.22 bits per heavy atom. The SMILES string of the molecule is C=CC(c1ccccc1)C(C=C)c1ccccc1. The average molecular weight is 234 g/mol. The fourth-order valence-corrected chi connectivity index (χ4v) is 2.33. The molecule has 0 radical (unpaired) electrons. The van der Waals surface area contributed by atoms with Gasteiger partial charge in [-0.25, -0.2) is 0 Å². The van der Waals surface area contributed by atoms with Crippen LogP contribution in [0.25, 0.3) is 0 Å². The summed E-state index contributed by atoms with van der Waals surface area (Å²) in [5.41, 5.74) is 2.56. The van der Waals surface area contributed by atoms with Gasteiger partial charge in [0.2, 0.25) is 0 Å². The molecule has 0 aliphatic carbocycles. The van der Waals surface area contributed by atoms with E-state index in [1.165, 1.54) is 11.1 Å². The lowest BCUT2D eigenvalue weighted by Crippen LogP contribution is -2.06. The lowest BCUT2D eigenvalue weighted by Gasteiger charge is -2.22. The minimum atomic E-state index is 0.270. The van der Waals surface area contributed by atoms with Gasteiger partial charge in [0.1, 0.15) is 0 Å². The molecule has 2 aromatic carbocycles. The summed E-state index contributed by atoms with van der Waals surface area (Å²) in [7, 11) is 0. The van der Waals surface area contributed by atoms with Crippen molar-refractivity contribution in [2.75, 3.05) is 0 Å². The molecule has 0 aliphatic heterocycles. The predicted octanol–water partition coefficient (Wildman–Crippen LogP) is 4.93. The van der Waals surface area contributed by atoms with Crippen LogP contribution in [0.1, 0.15) is 23.0 Å². The molecular formula is C18H18. The zero-order valence-electron chi connectivity index (χ0n) is 10.5. The zero-order valence-corrected chi connectivity index (χ0v) is 10.5. The fourth-order valence-electron chi connectivity index (χ4n) is 2.33. The molecule has 0 nitrogen and oxygen atoms in total. The molecule has 0 amide bonds. The Balaban J connectivity index is 2.37. The molecule has 0 heterocycles. The number of rotatable bonds is 5. The first-order valence-electron chi connectivity index (χ1n) is 6.22. The topological polar surface area (TPSA) is 0 Å². The van der Waals surface area contributed by atoms with Crippen LogP contribution in [0, 0.1) is 0 Å². The maximum Gasteiger partial charge on any atom is 0.0119 e. The Kier molecular flexibility index (Phi) is 4.14. The Morgan fingerprint density at radius 2 is 0.944 bits per heavy atom. The highest BCUT2D eigenvalue weighted by Crippen LogP contribution is 2.34. The summed E-state index contributed by atoms with van der Waals surface area (Å²) in [6.07, 6.45) is 4.02. The Hall–Kier alpha value is -2.08. The van der Waals surface area contributed by atoms with Crippen molar-refractivity contribution in [3.05, 3.63) is 97.1 Å². The van der Waals surface area contributed by atoms with Gasteiger partial charge < -0.3 is 0 Å². The highest BCUT2D eigenvalue weighted by molar-refractivity contribution is 5.34. The number of hydrogen-bond acceptors (Lipinski definition) is 0. The van der Waals surface area contributed by atoms with Crippen LogP contribution >= 0.6 is 0 Å². The summed E-state index contributed by atoms with van der Waals surface area (Å²) in [5.74, 6) is 0.539. The van der Waals surface area contributed by atoms with Crippen molar-refractivity contribution in [1.82, 2.24) is 0 Å². The Bertz CT molecular complexity index is 447. The second kappa shape index (κ2) is 6.02. The van der Waals surface area contributed by atoms with Gasteiger partial charge in [-0.3, -0.25) is 0 Å². The average Bonchev–Trinajstić information content (AvgIpc) is 2.46. The van der Waals surface area contributed by atoms with Crippen LogP contribution in [0.5, 0.6) is 0 Å². The third-order valence-corrected chi connectivity index (χ3v) is 3.26. The minimum Gasteiger partial charge on any atom is -0.102 e. The summed E-state index contributed by atoms with van der Waals surface area (Å²) in [6, 6.07) is 20.9. The Labute approximate surface area is 109 Å². The van der Waals surface area contributed by atoms with Crippen LogP contribution in [-0.2, 0) is 0 Å². The standard InChI is InChI=1S/C18H18/c1-3-17(15-11-7-5-8-12-15)18(4-2)16-13-9-6-10-14-16/h3-14,17-18H,1-2H2. The van der Waals surface area contributed by atoms with Crippen LogP contribution in [0.3, 0.4) is 0 Å². The second-order valence-electron chi connectivity index (χ2n) is 4.34. The molecular weight excluding hydrogens is 216 g/mol. The predicted molar refractivity (Wildman–Crippen MR) is 78.8 cm³/mol. The zero-order chi connectivity index (χ0) is 12.8. The molecule has 0 N–H and O–H groups in total. The van der Waals surface area contributed by atoms with Gasteiger partial charge in [0.05, 0.1) is 0 Å². The first-order valence-corrected chi connectivity index (χ1v) is 6.22. The molecule has 0 fully saturated rings. The molecule has 0 heteroatoms. The van der Waals surface area contributed by atoms with E-state index in [0.29, 0.717) is 0 Å². The fraction of sp³-hybridized carbons (Fsp3) is 0.111. The van der Waals surface area contributed by atoms with E-state index < -0.39 is 0 Å². The largest absolute Gasteiger partial charge is 0.102 e. The molecule has 2 atom stereocenters. The van der Waals surface area contributed by atoms with Crippen LogP contribution in [0.15, 0.2) is 86.0 Å². The third kappa shape index (κ3) is 2.60. The van der Waals surface area contributed by atoms with Gasteiger partial charge in [-0.05, 0) is 11.1 Å². The van der Waals surface area contributed by atoms with Crippen LogP contribution in [0.2, 0.25) is 0 Å². The summed E-state index contributed by atoms with van der Waals surface area (Å²) >= 11 is 0. The quantitative estimate of drug-likeness (QED) is 0.644. The van der Waals surface area contributed by atoms with Gasteiger partial charge in [0, 0.05) is 11.8 Å². The molecule has 90 valence electrons. The Morgan fingerprint density at radius 1 is 0.611 bits per heavy atom. The molecule has 0 spiro atoms. The molecule has 2 unspecified atom stereocenters. The van der Waals surface area contributed by atoms with E-state index in [9.17, 15) is 0 Å². The first-order chi connectivity index (χ1) is 8.86. The highest BCUT2D eigenvalue weighted by Gasteiger charge is 2.18. The third-order valence-electron chi connectivity index (χ3n) is 3.26.